The highest BCUT2D eigenvalue weighted by Gasteiger charge is 2.11. The fourth-order valence-corrected chi connectivity index (χ4v) is 2.09. The molecule has 0 aliphatic rings. The normalized spacial score (nSPS) is 10.4. The van der Waals surface area contributed by atoms with Crippen molar-refractivity contribution in [1.82, 2.24) is 14.9 Å². The molecule has 0 bridgehead atoms. The van der Waals surface area contributed by atoms with E-state index in [1.165, 1.54) is 0 Å². The summed E-state index contributed by atoms with van der Waals surface area (Å²) in [6, 6.07) is 7.48. The molecule has 0 unspecified atom stereocenters. The average Bonchev–Trinajstić information content (AvgIpc) is 2.81. The van der Waals surface area contributed by atoms with Crippen LogP contribution < -0.4 is 11.1 Å². The fraction of sp³-hybridized carbons (Fsp3) is 0.333. The lowest BCUT2D eigenvalue weighted by Crippen LogP contribution is -2.28. The van der Waals surface area contributed by atoms with E-state index in [-0.39, 0.29) is 5.91 Å². The standard InChI is InChI=1S/C15H20N4O/c1-2-9-19-11-12(16)10-14(19)15(20)18-8-6-13-5-3-4-7-17-13/h3-5,7,10-11H,2,6,8-9,16H2,1H3,(H,18,20). The molecule has 106 valence electrons. The predicted octanol–water partition coefficient (Wildman–Crippen LogP) is 1.85. The number of nitrogens with two attached hydrogens (primary N) is 1. The van der Waals surface area contributed by atoms with Gasteiger partial charge in [-0.3, -0.25) is 9.78 Å². The van der Waals surface area contributed by atoms with Crippen LogP contribution in [-0.2, 0) is 13.0 Å². The first-order valence-electron chi connectivity index (χ1n) is 6.84. The van der Waals surface area contributed by atoms with Gasteiger partial charge >= 0.3 is 0 Å². The van der Waals surface area contributed by atoms with Gasteiger partial charge in [0.25, 0.3) is 5.91 Å². The number of nitrogens with zero attached hydrogens (tertiary/aromatic N) is 2. The first-order valence-corrected chi connectivity index (χ1v) is 6.84. The zero-order valence-corrected chi connectivity index (χ0v) is 11.7. The van der Waals surface area contributed by atoms with E-state index in [0.717, 1.165) is 25.1 Å². The lowest BCUT2D eigenvalue weighted by atomic mass is 10.2. The summed E-state index contributed by atoms with van der Waals surface area (Å²) in [5.41, 5.74) is 7.96. The number of nitrogen functional groups attached to an aromatic ring is 1. The molecular weight excluding hydrogens is 252 g/mol. The third-order valence-corrected chi connectivity index (χ3v) is 3.01. The van der Waals surface area contributed by atoms with Gasteiger partial charge in [0.2, 0.25) is 0 Å². The van der Waals surface area contributed by atoms with Crippen LogP contribution in [0.2, 0.25) is 0 Å². The number of aryl methyl sites for hydroxylation is 1. The Bertz CT molecular complexity index is 563. The molecule has 0 saturated heterocycles. The molecule has 2 rings (SSSR count). The predicted molar refractivity (Wildman–Crippen MR) is 79.4 cm³/mol. The van der Waals surface area contributed by atoms with Crippen molar-refractivity contribution >= 4 is 11.6 Å². The highest BCUT2D eigenvalue weighted by atomic mass is 16.1. The zero-order valence-electron chi connectivity index (χ0n) is 11.7. The molecule has 0 fully saturated rings. The molecule has 2 heterocycles. The lowest BCUT2D eigenvalue weighted by molar-refractivity contribution is 0.0944. The molecule has 20 heavy (non-hydrogen) atoms. The third kappa shape index (κ3) is 3.60. The number of aromatic nitrogens is 2. The number of carbonyl (C=O) groups is 1. The molecule has 5 nitrogen and oxygen atoms in total. The first-order chi connectivity index (χ1) is 9.70. The molecule has 0 aliphatic heterocycles. The summed E-state index contributed by atoms with van der Waals surface area (Å²) in [7, 11) is 0. The van der Waals surface area contributed by atoms with Crippen LogP contribution in [0.25, 0.3) is 0 Å². The number of nitrogens with one attached hydrogen (secondary N) is 1. The minimum absolute atomic E-state index is 0.0916. The maximum Gasteiger partial charge on any atom is 0.267 e. The number of anilines is 1. The fourth-order valence-electron chi connectivity index (χ4n) is 2.09. The highest BCUT2D eigenvalue weighted by molar-refractivity contribution is 5.93. The van der Waals surface area contributed by atoms with Crippen LogP contribution >= 0.6 is 0 Å². The summed E-state index contributed by atoms with van der Waals surface area (Å²) in [6.45, 7) is 3.42. The first kappa shape index (κ1) is 14.1. The van der Waals surface area contributed by atoms with Gasteiger partial charge in [-0.2, -0.15) is 0 Å². The van der Waals surface area contributed by atoms with E-state index in [0.29, 0.717) is 17.9 Å². The maximum atomic E-state index is 12.1. The van der Waals surface area contributed by atoms with E-state index in [1.807, 2.05) is 22.8 Å². The Morgan fingerprint density at radius 1 is 1.45 bits per heavy atom. The topological polar surface area (TPSA) is 72.9 Å². The summed E-state index contributed by atoms with van der Waals surface area (Å²) < 4.78 is 1.89. The van der Waals surface area contributed by atoms with Crippen LogP contribution in [0.1, 0.15) is 29.5 Å². The van der Waals surface area contributed by atoms with Gasteiger partial charge < -0.3 is 15.6 Å². The Balaban J connectivity index is 1.91. The lowest BCUT2D eigenvalue weighted by Gasteiger charge is -2.08. The Labute approximate surface area is 118 Å². The number of pyridine rings is 1. The van der Waals surface area contributed by atoms with E-state index in [9.17, 15) is 4.79 Å². The van der Waals surface area contributed by atoms with Gasteiger partial charge in [-0.1, -0.05) is 13.0 Å². The molecule has 0 saturated carbocycles. The van der Waals surface area contributed by atoms with Gasteiger partial charge in [0, 0.05) is 37.6 Å². The Morgan fingerprint density at radius 2 is 2.30 bits per heavy atom. The summed E-state index contributed by atoms with van der Waals surface area (Å²) in [4.78, 5) is 16.4. The number of carbonyl (C=O) groups excluding carboxylic acids is 1. The molecule has 1 amide bonds. The van der Waals surface area contributed by atoms with Crippen LogP contribution in [-0.4, -0.2) is 22.0 Å². The van der Waals surface area contributed by atoms with Crippen molar-refractivity contribution in [2.24, 2.45) is 0 Å². The van der Waals surface area contributed by atoms with E-state index in [1.54, 1.807) is 18.5 Å². The van der Waals surface area contributed by atoms with Crippen molar-refractivity contribution < 1.29 is 4.79 Å². The number of amides is 1. The third-order valence-electron chi connectivity index (χ3n) is 3.01. The SMILES string of the molecule is CCCn1cc(N)cc1C(=O)NCCc1ccccn1. The minimum atomic E-state index is -0.0916. The van der Waals surface area contributed by atoms with E-state index in [2.05, 4.69) is 17.2 Å². The van der Waals surface area contributed by atoms with E-state index < -0.39 is 0 Å². The monoisotopic (exact) mass is 272 g/mol. The van der Waals surface area contributed by atoms with Crippen molar-refractivity contribution in [2.45, 2.75) is 26.3 Å². The van der Waals surface area contributed by atoms with Crippen LogP contribution in [0, 0.1) is 0 Å². The maximum absolute atomic E-state index is 12.1. The van der Waals surface area contributed by atoms with Gasteiger partial charge in [0.05, 0.1) is 5.69 Å². The summed E-state index contributed by atoms with van der Waals surface area (Å²) in [5, 5.41) is 2.90. The minimum Gasteiger partial charge on any atom is -0.397 e. The molecule has 5 heteroatoms. The molecule has 0 atom stereocenters. The van der Waals surface area contributed by atoms with Gasteiger partial charge in [-0.05, 0) is 24.6 Å². The van der Waals surface area contributed by atoms with Crippen LogP contribution in [0.3, 0.4) is 0 Å². The Hall–Kier alpha value is -2.30. The number of hydrogen-bond acceptors (Lipinski definition) is 3. The zero-order chi connectivity index (χ0) is 14.4. The summed E-state index contributed by atoms with van der Waals surface area (Å²) >= 11 is 0. The van der Waals surface area contributed by atoms with Gasteiger partial charge in [0.1, 0.15) is 5.69 Å². The molecule has 0 aromatic carbocycles. The Morgan fingerprint density at radius 3 is 3.00 bits per heavy atom. The average molecular weight is 272 g/mol. The van der Waals surface area contributed by atoms with Crippen molar-refractivity contribution in [3.8, 4) is 0 Å². The van der Waals surface area contributed by atoms with Gasteiger partial charge in [0.15, 0.2) is 0 Å². The molecule has 0 aliphatic carbocycles. The highest BCUT2D eigenvalue weighted by Crippen LogP contribution is 2.11. The van der Waals surface area contributed by atoms with Crippen molar-refractivity contribution in [1.29, 1.82) is 0 Å². The Kier molecular flexibility index (Phi) is 4.76. The quantitative estimate of drug-likeness (QED) is 0.843. The largest absolute Gasteiger partial charge is 0.397 e. The second-order valence-electron chi connectivity index (χ2n) is 4.68. The van der Waals surface area contributed by atoms with Crippen molar-refractivity contribution in [2.75, 3.05) is 12.3 Å². The second-order valence-corrected chi connectivity index (χ2v) is 4.68. The smallest absolute Gasteiger partial charge is 0.267 e. The summed E-state index contributed by atoms with van der Waals surface area (Å²) in [6.07, 6.45) is 5.24. The molecular formula is C15H20N4O. The van der Waals surface area contributed by atoms with Crippen LogP contribution in [0.15, 0.2) is 36.7 Å². The van der Waals surface area contributed by atoms with Gasteiger partial charge in [-0.25, -0.2) is 0 Å². The van der Waals surface area contributed by atoms with Crippen molar-refractivity contribution in [3.05, 3.63) is 48.0 Å². The van der Waals surface area contributed by atoms with Crippen LogP contribution in [0.4, 0.5) is 5.69 Å². The molecule has 0 radical (unpaired) electrons. The molecule has 2 aromatic heterocycles. The number of rotatable bonds is 6. The summed E-state index contributed by atoms with van der Waals surface area (Å²) in [5.74, 6) is -0.0916. The molecule has 3 N–H and O–H groups in total. The second kappa shape index (κ2) is 6.75. The van der Waals surface area contributed by atoms with Crippen molar-refractivity contribution in [3.63, 3.8) is 0 Å². The molecule has 2 aromatic rings. The van der Waals surface area contributed by atoms with E-state index >= 15 is 0 Å². The number of hydrogen-bond donors (Lipinski definition) is 2. The molecule has 0 spiro atoms. The van der Waals surface area contributed by atoms with E-state index in [4.69, 9.17) is 5.73 Å². The van der Waals surface area contributed by atoms with Gasteiger partial charge in [-0.15, -0.1) is 0 Å². The van der Waals surface area contributed by atoms with Crippen LogP contribution in [0.5, 0.6) is 0 Å².